The zero-order valence-corrected chi connectivity index (χ0v) is 12.4. The van der Waals surface area contributed by atoms with Gasteiger partial charge in [0, 0.05) is 17.1 Å². The van der Waals surface area contributed by atoms with Gasteiger partial charge in [0.05, 0.1) is 6.42 Å². The van der Waals surface area contributed by atoms with Gasteiger partial charge < -0.3 is 15.6 Å². The van der Waals surface area contributed by atoms with Gasteiger partial charge >= 0.3 is 0 Å². The van der Waals surface area contributed by atoms with Gasteiger partial charge in [0.1, 0.15) is 6.04 Å². The zero-order chi connectivity index (χ0) is 14.0. The predicted octanol–water partition coefficient (Wildman–Crippen LogP) is 1.52. The van der Waals surface area contributed by atoms with Crippen LogP contribution in [0, 0.1) is 10.9 Å². The molecule has 0 aliphatic carbocycles. The van der Waals surface area contributed by atoms with Crippen LogP contribution in [0.15, 0.2) is 0 Å². The lowest BCUT2D eigenvalue weighted by atomic mass is 10.0. The van der Waals surface area contributed by atoms with Crippen LogP contribution in [0.2, 0.25) is 0 Å². The Bertz CT molecular complexity index is 549. The van der Waals surface area contributed by atoms with Gasteiger partial charge in [0.2, 0.25) is 11.8 Å². The van der Waals surface area contributed by atoms with Gasteiger partial charge in [-0.25, -0.2) is 0 Å². The van der Waals surface area contributed by atoms with Crippen LogP contribution >= 0.6 is 23.6 Å². The molecule has 1 atom stereocenters. The number of carbonyl (C=O) groups is 2. The first-order valence-electron chi connectivity index (χ1n) is 6.26. The lowest BCUT2D eigenvalue weighted by Crippen LogP contribution is -2.50. The molecule has 2 rings (SSSR count). The Balaban J connectivity index is 2.12. The van der Waals surface area contributed by atoms with Gasteiger partial charge in [-0.1, -0.05) is 0 Å². The Hall–Kier alpha value is -1.21. The minimum absolute atomic E-state index is 0.0446. The summed E-state index contributed by atoms with van der Waals surface area (Å²) < 4.78 is 0.672. The highest BCUT2D eigenvalue weighted by Crippen LogP contribution is 2.21. The van der Waals surface area contributed by atoms with Crippen molar-refractivity contribution in [3.8, 4) is 0 Å². The summed E-state index contributed by atoms with van der Waals surface area (Å²) in [6.45, 7) is 2.51. The standard InChI is InChI=1S/C12H17N3O2S2/c1-7-9(19-12(18)14-7)6-10(16)15-5-3-2-4-8(15)11(13)17/h8H,2-6H2,1H3,(H2,13,17)(H,14,18). The fourth-order valence-corrected chi connectivity index (χ4v) is 3.65. The Morgan fingerprint density at radius 1 is 1.53 bits per heavy atom. The highest BCUT2D eigenvalue weighted by Gasteiger charge is 2.30. The number of piperidine rings is 1. The fraction of sp³-hybridized carbons (Fsp3) is 0.583. The van der Waals surface area contributed by atoms with Crippen LogP contribution in [-0.2, 0) is 16.0 Å². The van der Waals surface area contributed by atoms with Crippen molar-refractivity contribution >= 4 is 35.4 Å². The van der Waals surface area contributed by atoms with E-state index in [0.29, 0.717) is 16.9 Å². The average molecular weight is 299 g/mol. The van der Waals surface area contributed by atoms with E-state index >= 15 is 0 Å². The van der Waals surface area contributed by atoms with E-state index in [2.05, 4.69) is 4.98 Å². The number of H-pyrrole nitrogens is 1. The van der Waals surface area contributed by atoms with Crippen molar-refractivity contribution in [2.45, 2.75) is 38.6 Å². The molecule has 3 N–H and O–H groups in total. The predicted molar refractivity (Wildman–Crippen MR) is 76.5 cm³/mol. The number of nitrogens with zero attached hydrogens (tertiary/aromatic N) is 1. The molecule has 0 bridgehead atoms. The average Bonchev–Trinajstić information content (AvgIpc) is 2.67. The molecule has 104 valence electrons. The van der Waals surface area contributed by atoms with Crippen molar-refractivity contribution in [3.05, 3.63) is 14.5 Å². The fourth-order valence-electron chi connectivity index (χ4n) is 2.37. The summed E-state index contributed by atoms with van der Waals surface area (Å²) in [6, 6.07) is -0.450. The normalized spacial score (nSPS) is 19.4. The molecule has 0 radical (unpaired) electrons. The van der Waals surface area contributed by atoms with Crippen molar-refractivity contribution in [2.24, 2.45) is 5.73 Å². The number of rotatable bonds is 3. The minimum atomic E-state index is -0.450. The number of hydrogen-bond acceptors (Lipinski definition) is 4. The number of carbonyl (C=O) groups excluding carboxylic acids is 2. The maximum absolute atomic E-state index is 12.3. The van der Waals surface area contributed by atoms with Crippen LogP contribution < -0.4 is 5.73 Å². The maximum atomic E-state index is 12.3. The summed E-state index contributed by atoms with van der Waals surface area (Å²) in [5, 5.41) is 0. The van der Waals surface area contributed by atoms with Gasteiger partial charge in [0.25, 0.3) is 0 Å². The largest absolute Gasteiger partial charge is 0.368 e. The highest BCUT2D eigenvalue weighted by atomic mass is 32.1. The van der Waals surface area contributed by atoms with Crippen molar-refractivity contribution in [1.29, 1.82) is 0 Å². The maximum Gasteiger partial charge on any atom is 0.240 e. The van der Waals surface area contributed by atoms with E-state index in [1.54, 1.807) is 4.90 Å². The van der Waals surface area contributed by atoms with Crippen molar-refractivity contribution in [1.82, 2.24) is 9.88 Å². The van der Waals surface area contributed by atoms with Gasteiger partial charge in [0.15, 0.2) is 3.95 Å². The summed E-state index contributed by atoms with van der Waals surface area (Å²) in [5.74, 6) is -0.455. The molecule has 0 spiro atoms. The monoisotopic (exact) mass is 299 g/mol. The van der Waals surface area contributed by atoms with Gasteiger partial charge in [-0.2, -0.15) is 0 Å². The molecule has 1 unspecified atom stereocenters. The SMILES string of the molecule is Cc1[nH]c(=S)sc1CC(=O)N1CCCCC1C(N)=O. The van der Waals surface area contributed by atoms with Gasteiger partial charge in [-0.05, 0) is 38.4 Å². The molecule has 1 aromatic heterocycles. The van der Waals surface area contributed by atoms with Crippen LogP contribution in [0.5, 0.6) is 0 Å². The van der Waals surface area contributed by atoms with E-state index in [4.69, 9.17) is 18.0 Å². The number of aryl methyl sites for hydroxylation is 1. The van der Waals surface area contributed by atoms with E-state index < -0.39 is 11.9 Å². The molecule has 2 heterocycles. The number of amides is 2. The zero-order valence-electron chi connectivity index (χ0n) is 10.8. The second kappa shape index (κ2) is 5.83. The van der Waals surface area contributed by atoms with Crippen LogP contribution in [0.4, 0.5) is 0 Å². The van der Waals surface area contributed by atoms with E-state index in [-0.39, 0.29) is 12.3 Å². The molecule has 1 aromatic rings. The molecule has 0 saturated carbocycles. The number of hydrogen-bond donors (Lipinski definition) is 2. The molecule has 1 saturated heterocycles. The topological polar surface area (TPSA) is 79.2 Å². The second-order valence-corrected chi connectivity index (χ2v) is 6.51. The molecule has 7 heteroatoms. The molecule has 5 nitrogen and oxygen atoms in total. The van der Waals surface area contributed by atoms with Gasteiger partial charge in [-0.15, -0.1) is 11.3 Å². The first kappa shape index (κ1) is 14.2. The molecule has 1 aliphatic rings. The minimum Gasteiger partial charge on any atom is -0.368 e. The summed E-state index contributed by atoms with van der Waals surface area (Å²) in [6.07, 6.45) is 2.83. The third kappa shape index (κ3) is 3.22. The summed E-state index contributed by atoms with van der Waals surface area (Å²) in [5.41, 5.74) is 6.30. The quantitative estimate of drug-likeness (QED) is 0.831. The first-order chi connectivity index (χ1) is 8.99. The van der Waals surface area contributed by atoms with Crippen LogP contribution in [0.3, 0.4) is 0 Å². The lowest BCUT2D eigenvalue weighted by Gasteiger charge is -2.33. The molecule has 19 heavy (non-hydrogen) atoms. The Kier molecular flexibility index (Phi) is 4.36. The molecular weight excluding hydrogens is 282 g/mol. The van der Waals surface area contributed by atoms with E-state index in [1.165, 1.54) is 11.3 Å². The van der Waals surface area contributed by atoms with Crippen molar-refractivity contribution < 1.29 is 9.59 Å². The summed E-state index contributed by atoms with van der Waals surface area (Å²) in [7, 11) is 0. The van der Waals surface area contributed by atoms with E-state index in [1.807, 2.05) is 6.92 Å². The van der Waals surface area contributed by atoms with Gasteiger partial charge in [-0.3, -0.25) is 9.59 Å². The highest BCUT2D eigenvalue weighted by molar-refractivity contribution is 7.73. The number of nitrogens with two attached hydrogens (primary N) is 1. The summed E-state index contributed by atoms with van der Waals surface area (Å²) in [4.78, 5) is 29.3. The molecule has 0 aromatic carbocycles. The number of nitrogens with one attached hydrogen (secondary N) is 1. The molecular formula is C12H17N3O2S2. The van der Waals surface area contributed by atoms with Crippen LogP contribution in [-0.4, -0.2) is 34.3 Å². The van der Waals surface area contributed by atoms with E-state index in [0.717, 1.165) is 23.4 Å². The first-order valence-corrected chi connectivity index (χ1v) is 7.49. The van der Waals surface area contributed by atoms with Crippen LogP contribution in [0.1, 0.15) is 29.8 Å². The van der Waals surface area contributed by atoms with Crippen molar-refractivity contribution in [3.63, 3.8) is 0 Å². The number of likely N-dealkylation sites (tertiary alicyclic amines) is 1. The van der Waals surface area contributed by atoms with Crippen LogP contribution in [0.25, 0.3) is 0 Å². The second-order valence-electron chi connectivity index (χ2n) is 4.74. The molecule has 2 amide bonds. The van der Waals surface area contributed by atoms with Crippen molar-refractivity contribution in [2.75, 3.05) is 6.54 Å². The number of aromatic nitrogens is 1. The number of primary amides is 1. The smallest absolute Gasteiger partial charge is 0.240 e. The Morgan fingerprint density at radius 2 is 2.26 bits per heavy atom. The summed E-state index contributed by atoms with van der Waals surface area (Å²) >= 11 is 6.47. The third-order valence-electron chi connectivity index (χ3n) is 3.39. The lowest BCUT2D eigenvalue weighted by molar-refractivity contribution is -0.140. The number of thiazole rings is 1. The Morgan fingerprint density at radius 3 is 2.84 bits per heavy atom. The number of aromatic amines is 1. The third-order valence-corrected chi connectivity index (χ3v) is 4.72. The Labute approximate surface area is 120 Å². The molecule has 1 aliphatic heterocycles. The molecule has 1 fully saturated rings. The van der Waals surface area contributed by atoms with E-state index in [9.17, 15) is 9.59 Å².